The number of thiazole rings is 1. The van der Waals surface area contributed by atoms with Gasteiger partial charge in [-0.25, -0.2) is 8.42 Å². The van der Waals surface area contributed by atoms with E-state index in [1.807, 2.05) is 22.8 Å². The highest BCUT2D eigenvalue weighted by Gasteiger charge is 2.25. The molecule has 1 aliphatic heterocycles. The number of hydrogen-bond acceptors (Lipinski definition) is 5. The standard InChI is InChI=1S/C20H24BrN3O4S2/c1-2-9-24-16-8-7-15(21)12-17(16)29-20(24)22-18(25)13-30(27,28)14-19(26)23-10-5-3-4-6-11-23/h2,7-8,12H,1,3-6,9-11,13-14H2. The number of hydrogen-bond donors (Lipinski definition) is 0. The van der Waals surface area contributed by atoms with Crippen molar-refractivity contribution in [2.45, 2.75) is 32.2 Å². The highest BCUT2D eigenvalue weighted by atomic mass is 79.9. The van der Waals surface area contributed by atoms with Gasteiger partial charge in [-0.1, -0.05) is 46.2 Å². The first-order chi connectivity index (χ1) is 14.3. The Balaban J connectivity index is 1.78. The molecule has 2 aromatic rings. The minimum atomic E-state index is -3.89. The van der Waals surface area contributed by atoms with Crippen molar-refractivity contribution in [1.82, 2.24) is 9.47 Å². The van der Waals surface area contributed by atoms with Gasteiger partial charge >= 0.3 is 0 Å². The number of halogens is 1. The number of benzene rings is 1. The smallest absolute Gasteiger partial charge is 0.263 e. The molecular weight excluding hydrogens is 490 g/mol. The lowest BCUT2D eigenvalue weighted by Crippen LogP contribution is -2.37. The van der Waals surface area contributed by atoms with E-state index in [-0.39, 0.29) is 0 Å². The summed E-state index contributed by atoms with van der Waals surface area (Å²) in [6, 6.07) is 5.71. The molecule has 1 fully saturated rings. The summed E-state index contributed by atoms with van der Waals surface area (Å²) < 4.78 is 28.5. The van der Waals surface area contributed by atoms with Crippen molar-refractivity contribution in [3.05, 3.63) is 40.1 Å². The number of likely N-dealkylation sites (tertiary alicyclic amines) is 1. The van der Waals surface area contributed by atoms with Gasteiger partial charge in [0.05, 0.1) is 10.2 Å². The molecule has 0 N–H and O–H groups in total. The van der Waals surface area contributed by atoms with Crippen molar-refractivity contribution in [3.8, 4) is 0 Å². The Labute approximate surface area is 188 Å². The van der Waals surface area contributed by atoms with Crippen LogP contribution in [0.1, 0.15) is 25.7 Å². The summed E-state index contributed by atoms with van der Waals surface area (Å²) in [7, 11) is -3.89. The van der Waals surface area contributed by atoms with E-state index in [2.05, 4.69) is 27.5 Å². The topological polar surface area (TPSA) is 88.8 Å². The van der Waals surface area contributed by atoms with Gasteiger partial charge in [-0.3, -0.25) is 9.59 Å². The Morgan fingerprint density at radius 3 is 2.53 bits per heavy atom. The number of aromatic nitrogens is 1. The molecule has 1 saturated heterocycles. The van der Waals surface area contributed by atoms with Crippen molar-refractivity contribution in [3.63, 3.8) is 0 Å². The normalized spacial score (nSPS) is 15.9. The summed E-state index contributed by atoms with van der Waals surface area (Å²) in [5, 5.41) is 0. The molecule has 30 heavy (non-hydrogen) atoms. The van der Waals surface area contributed by atoms with Gasteiger partial charge in [0.25, 0.3) is 5.91 Å². The lowest BCUT2D eigenvalue weighted by Gasteiger charge is -2.19. The first-order valence-electron chi connectivity index (χ1n) is 9.74. The molecule has 0 unspecified atom stereocenters. The van der Waals surface area contributed by atoms with Crippen LogP contribution in [0, 0.1) is 0 Å². The molecule has 0 spiro atoms. The molecule has 2 heterocycles. The SMILES string of the molecule is C=CCn1c(=NC(=O)CS(=O)(=O)CC(=O)N2CCCCCC2)sc2cc(Br)ccc21. The van der Waals surface area contributed by atoms with E-state index in [0.29, 0.717) is 24.4 Å². The van der Waals surface area contributed by atoms with E-state index >= 15 is 0 Å². The second-order valence-electron chi connectivity index (χ2n) is 7.23. The molecular formula is C20H24BrN3O4S2. The van der Waals surface area contributed by atoms with Crippen LogP contribution < -0.4 is 4.80 Å². The molecule has 0 radical (unpaired) electrons. The average molecular weight is 514 g/mol. The summed E-state index contributed by atoms with van der Waals surface area (Å²) in [4.78, 5) is 30.8. The van der Waals surface area contributed by atoms with E-state index in [9.17, 15) is 18.0 Å². The highest BCUT2D eigenvalue weighted by Crippen LogP contribution is 2.22. The number of allylic oxidation sites excluding steroid dienone is 1. The van der Waals surface area contributed by atoms with E-state index in [1.165, 1.54) is 11.3 Å². The number of sulfone groups is 1. The van der Waals surface area contributed by atoms with Gasteiger partial charge in [0.2, 0.25) is 5.91 Å². The Morgan fingerprint density at radius 1 is 1.17 bits per heavy atom. The number of nitrogens with zero attached hydrogens (tertiary/aromatic N) is 3. The number of amides is 2. The quantitative estimate of drug-likeness (QED) is 0.555. The number of carbonyl (C=O) groups is 2. The van der Waals surface area contributed by atoms with Crippen molar-refractivity contribution in [1.29, 1.82) is 0 Å². The van der Waals surface area contributed by atoms with Crippen LogP contribution in [-0.4, -0.2) is 54.3 Å². The summed E-state index contributed by atoms with van der Waals surface area (Å²) in [5.41, 5.74) is 0.883. The Morgan fingerprint density at radius 2 is 1.87 bits per heavy atom. The van der Waals surface area contributed by atoms with Gasteiger partial charge in [0.15, 0.2) is 14.6 Å². The summed E-state index contributed by atoms with van der Waals surface area (Å²) in [5.74, 6) is -2.64. The molecule has 0 bridgehead atoms. The van der Waals surface area contributed by atoms with E-state index in [0.717, 1.165) is 40.4 Å². The van der Waals surface area contributed by atoms with Crippen LogP contribution in [0.4, 0.5) is 0 Å². The first-order valence-corrected chi connectivity index (χ1v) is 13.2. The average Bonchev–Trinajstić information content (AvgIpc) is 2.84. The third-order valence-electron chi connectivity index (χ3n) is 4.82. The molecule has 0 aliphatic carbocycles. The maximum absolute atomic E-state index is 12.4. The van der Waals surface area contributed by atoms with Crippen LogP contribution >= 0.6 is 27.3 Å². The van der Waals surface area contributed by atoms with Gasteiger partial charge in [0, 0.05) is 24.1 Å². The van der Waals surface area contributed by atoms with Gasteiger partial charge < -0.3 is 9.47 Å². The predicted molar refractivity (Wildman–Crippen MR) is 122 cm³/mol. The lowest BCUT2D eigenvalue weighted by atomic mass is 10.2. The molecule has 1 aromatic heterocycles. The van der Waals surface area contributed by atoms with Crippen LogP contribution in [0.3, 0.4) is 0 Å². The van der Waals surface area contributed by atoms with Gasteiger partial charge in [0.1, 0.15) is 11.5 Å². The monoisotopic (exact) mass is 513 g/mol. The zero-order valence-electron chi connectivity index (χ0n) is 16.5. The fraction of sp³-hybridized carbons (Fsp3) is 0.450. The molecule has 7 nitrogen and oxygen atoms in total. The zero-order valence-corrected chi connectivity index (χ0v) is 19.8. The second-order valence-corrected chi connectivity index (χ2v) is 11.2. The van der Waals surface area contributed by atoms with Crippen LogP contribution in [-0.2, 0) is 26.0 Å². The van der Waals surface area contributed by atoms with Crippen LogP contribution in [0.5, 0.6) is 0 Å². The third-order valence-corrected chi connectivity index (χ3v) is 7.73. The Bertz CT molecular complexity index is 1130. The van der Waals surface area contributed by atoms with E-state index < -0.39 is 33.2 Å². The molecule has 2 amide bonds. The molecule has 0 atom stereocenters. The Kier molecular flexibility index (Phi) is 7.65. The lowest BCUT2D eigenvalue weighted by molar-refractivity contribution is -0.128. The maximum atomic E-state index is 12.4. The summed E-state index contributed by atoms with van der Waals surface area (Å²) in [6.07, 6.45) is 5.54. The minimum absolute atomic E-state index is 0.405. The van der Waals surface area contributed by atoms with Crippen molar-refractivity contribution < 1.29 is 18.0 Å². The van der Waals surface area contributed by atoms with Crippen LogP contribution in [0.15, 0.2) is 40.3 Å². The largest absolute Gasteiger partial charge is 0.342 e. The third kappa shape index (κ3) is 5.89. The van der Waals surface area contributed by atoms with Crippen molar-refractivity contribution >= 4 is 59.1 Å². The van der Waals surface area contributed by atoms with Crippen LogP contribution in [0.25, 0.3) is 10.2 Å². The Hall–Kier alpha value is -1.78. The van der Waals surface area contributed by atoms with Crippen molar-refractivity contribution in [2.24, 2.45) is 4.99 Å². The first kappa shape index (κ1) is 22.9. The minimum Gasteiger partial charge on any atom is -0.342 e. The van der Waals surface area contributed by atoms with E-state index in [1.54, 1.807) is 11.0 Å². The molecule has 0 saturated carbocycles. The highest BCUT2D eigenvalue weighted by molar-refractivity contribution is 9.10. The number of fused-ring (bicyclic) bond motifs is 1. The van der Waals surface area contributed by atoms with Crippen molar-refractivity contribution in [2.75, 3.05) is 24.6 Å². The molecule has 1 aromatic carbocycles. The predicted octanol–water partition coefficient (Wildman–Crippen LogP) is 2.90. The van der Waals surface area contributed by atoms with Gasteiger partial charge in [-0.2, -0.15) is 4.99 Å². The molecule has 3 rings (SSSR count). The number of carbonyl (C=O) groups excluding carboxylic acids is 2. The molecule has 1 aliphatic rings. The molecule has 162 valence electrons. The number of rotatable bonds is 6. The van der Waals surface area contributed by atoms with E-state index in [4.69, 9.17) is 0 Å². The second kappa shape index (κ2) is 10.0. The van der Waals surface area contributed by atoms with Gasteiger partial charge in [-0.15, -0.1) is 6.58 Å². The molecule has 10 heteroatoms. The maximum Gasteiger partial charge on any atom is 0.263 e. The fourth-order valence-electron chi connectivity index (χ4n) is 3.42. The summed E-state index contributed by atoms with van der Waals surface area (Å²) >= 11 is 4.72. The zero-order chi connectivity index (χ0) is 21.7. The van der Waals surface area contributed by atoms with Gasteiger partial charge in [-0.05, 0) is 31.0 Å². The van der Waals surface area contributed by atoms with Crippen LogP contribution in [0.2, 0.25) is 0 Å². The fourth-order valence-corrected chi connectivity index (χ4v) is 6.13. The summed E-state index contributed by atoms with van der Waals surface area (Å²) in [6.45, 7) is 5.32.